The number of nitrogens with one attached hydrogen (secondary N) is 1. The number of nitrogens with zero attached hydrogens (tertiary/aromatic N) is 8. The summed E-state index contributed by atoms with van der Waals surface area (Å²) < 4.78 is 80.4. The van der Waals surface area contributed by atoms with Crippen LogP contribution >= 0.6 is 0 Å². The summed E-state index contributed by atoms with van der Waals surface area (Å²) in [6.45, 7) is 0.577. The van der Waals surface area contributed by atoms with Crippen LogP contribution in [-0.2, 0) is 26.6 Å². The van der Waals surface area contributed by atoms with Gasteiger partial charge in [-0.25, -0.2) is 31.5 Å². The molecule has 0 aliphatic carbocycles. The molecule has 1 fully saturated rings. The molecule has 0 spiro atoms. The van der Waals surface area contributed by atoms with Crippen LogP contribution in [0.4, 0.5) is 14.7 Å². The second-order valence-corrected chi connectivity index (χ2v) is 14.5. The number of piperidine rings is 1. The summed E-state index contributed by atoms with van der Waals surface area (Å²) in [5.41, 5.74) is 0.0968. The van der Waals surface area contributed by atoms with Crippen LogP contribution in [0.5, 0.6) is 0 Å². The summed E-state index contributed by atoms with van der Waals surface area (Å²) in [5.74, 6) is 0.186. The number of hydrogen-bond donors (Lipinski definition) is 1. The number of hydrogen-bond acceptors (Lipinski definition) is 11. The lowest BCUT2D eigenvalue weighted by Gasteiger charge is -2.30. The van der Waals surface area contributed by atoms with Gasteiger partial charge in [-0.05, 0) is 36.6 Å². The molecule has 6 rings (SSSR count). The number of sulfonamides is 1. The van der Waals surface area contributed by atoms with Crippen LogP contribution in [0.3, 0.4) is 0 Å². The summed E-state index contributed by atoms with van der Waals surface area (Å²) in [7, 11) is -7.27. The van der Waals surface area contributed by atoms with Gasteiger partial charge < -0.3 is 5.32 Å². The summed E-state index contributed by atoms with van der Waals surface area (Å²) in [6.07, 6.45) is 4.09. The van der Waals surface area contributed by atoms with E-state index in [0.717, 1.165) is 33.6 Å². The highest BCUT2D eigenvalue weighted by Crippen LogP contribution is 2.25. The molecule has 0 saturated carbocycles. The first kappa shape index (κ1) is 31.3. The lowest BCUT2D eigenvalue weighted by atomic mass is 10.1. The lowest BCUT2D eigenvalue weighted by molar-refractivity contribution is 0.149. The largest absolute Gasteiger partial charge is 0.351 e. The summed E-state index contributed by atoms with van der Waals surface area (Å²) in [4.78, 5) is 29.9. The molecule has 1 aromatic carbocycles. The normalized spacial score (nSPS) is 15.0. The molecule has 0 radical (unpaired) electrons. The van der Waals surface area contributed by atoms with Crippen molar-refractivity contribution in [1.29, 1.82) is 0 Å². The van der Waals surface area contributed by atoms with Gasteiger partial charge in [0, 0.05) is 42.5 Å². The van der Waals surface area contributed by atoms with Crippen LogP contribution < -0.4 is 10.9 Å². The van der Waals surface area contributed by atoms with Crippen molar-refractivity contribution in [3.8, 4) is 11.3 Å². The molecule has 0 unspecified atom stereocenters. The number of pyridine rings is 2. The Hall–Kier alpha value is -4.68. The Morgan fingerprint density at radius 2 is 1.76 bits per heavy atom. The minimum absolute atomic E-state index is 0.0426. The summed E-state index contributed by atoms with van der Waals surface area (Å²) in [6, 6.07) is 10.4. The Kier molecular flexibility index (Phi) is 8.34. The van der Waals surface area contributed by atoms with E-state index in [1.807, 2.05) is 0 Å². The zero-order valence-corrected chi connectivity index (χ0v) is 25.9. The zero-order chi connectivity index (χ0) is 32.6. The second-order valence-electron chi connectivity index (χ2n) is 10.7. The van der Waals surface area contributed by atoms with Gasteiger partial charge >= 0.3 is 0 Å². The van der Waals surface area contributed by atoms with Crippen molar-refractivity contribution in [3.63, 3.8) is 0 Å². The number of alkyl halides is 2. The maximum Gasteiger partial charge on any atom is 0.284 e. The molecule has 1 saturated heterocycles. The molecule has 0 amide bonds. The van der Waals surface area contributed by atoms with Gasteiger partial charge in [0.1, 0.15) is 18.3 Å². The predicted octanol–water partition coefficient (Wildman–Crippen LogP) is 2.50. The fourth-order valence-electron chi connectivity index (χ4n) is 5.19. The first-order valence-electron chi connectivity index (χ1n) is 14.0. The van der Waals surface area contributed by atoms with Gasteiger partial charge in [-0.15, -0.1) is 9.19 Å². The molecular weight excluding hydrogens is 644 g/mol. The average Bonchev–Trinajstić information content (AvgIpc) is 3.59. The van der Waals surface area contributed by atoms with E-state index in [2.05, 4.69) is 30.4 Å². The van der Waals surface area contributed by atoms with Crippen LogP contribution in [0.2, 0.25) is 0 Å². The van der Waals surface area contributed by atoms with Crippen molar-refractivity contribution < 1.29 is 25.6 Å². The molecule has 0 bridgehead atoms. The molecule has 1 aliphatic rings. The fourth-order valence-corrected chi connectivity index (χ4v) is 7.12. The molecule has 1 aliphatic heterocycles. The van der Waals surface area contributed by atoms with Gasteiger partial charge in [0.25, 0.3) is 22.0 Å². The van der Waals surface area contributed by atoms with Crippen LogP contribution in [0, 0.1) is 0 Å². The average molecular weight is 672 g/mol. The summed E-state index contributed by atoms with van der Waals surface area (Å²) in [5, 5.41) is 7.12. The number of anilines is 1. The first-order chi connectivity index (χ1) is 21.9. The highest BCUT2D eigenvalue weighted by atomic mass is 32.2. The smallest absolute Gasteiger partial charge is 0.284 e. The number of fused-ring (bicyclic) bond motifs is 1. The highest BCUT2D eigenvalue weighted by molar-refractivity contribution is 7.89. The van der Waals surface area contributed by atoms with E-state index in [4.69, 9.17) is 0 Å². The standard InChI is InChI=1S/C28H27F2N9O5S2/c1-45(41,42)37-10-7-21(8-11-37)35-28-33-14-20-12-23(25(29)30)27(40)38(26(20)36-28)15-18-2-4-19(5-3-18)24-13-22(6-9-32-24)46(43,44)39-17-31-16-34-39/h2-6,9,12-14,16-17,21,25H,7-8,10-11,15H2,1H3,(H,33,35,36). The number of halogens is 2. The van der Waals surface area contributed by atoms with Gasteiger partial charge in [0.2, 0.25) is 16.0 Å². The van der Waals surface area contributed by atoms with Crippen molar-refractivity contribution in [2.75, 3.05) is 24.7 Å². The van der Waals surface area contributed by atoms with Gasteiger partial charge in [0.05, 0.1) is 29.0 Å². The maximum absolute atomic E-state index is 13.9. The first-order valence-corrected chi connectivity index (χ1v) is 17.2. The third-order valence-corrected chi connectivity index (χ3v) is 10.4. The Morgan fingerprint density at radius 1 is 1.02 bits per heavy atom. The quantitative estimate of drug-likeness (QED) is 0.244. The molecule has 5 heterocycles. The number of rotatable bonds is 9. The topological polar surface area (TPSA) is 175 Å². The Labute approximate surface area is 261 Å². The fraction of sp³-hybridized carbons (Fsp3) is 0.286. The van der Waals surface area contributed by atoms with Crippen molar-refractivity contribution >= 4 is 37.0 Å². The highest BCUT2D eigenvalue weighted by Gasteiger charge is 2.26. The SMILES string of the molecule is CS(=O)(=O)N1CCC(Nc2ncc3cc(C(F)F)c(=O)n(Cc4ccc(-c5cc(S(=O)(=O)n6cncn6)ccn5)cc4)c3n2)CC1. The molecule has 4 aromatic heterocycles. The van der Waals surface area contributed by atoms with Gasteiger partial charge in [-0.2, -0.15) is 13.4 Å². The molecule has 0 atom stereocenters. The van der Waals surface area contributed by atoms with Crippen molar-refractivity contribution in [2.24, 2.45) is 0 Å². The molecule has 14 nitrogen and oxygen atoms in total. The molecule has 5 aromatic rings. The molecule has 1 N–H and O–H groups in total. The van der Waals surface area contributed by atoms with Crippen molar-refractivity contribution in [2.45, 2.75) is 36.7 Å². The second kappa shape index (κ2) is 12.3. The Balaban J connectivity index is 1.28. The third kappa shape index (κ3) is 6.35. The molecule has 46 heavy (non-hydrogen) atoms. The monoisotopic (exact) mass is 671 g/mol. The zero-order valence-electron chi connectivity index (χ0n) is 24.2. The molecular formula is C28H27F2N9O5S2. The minimum Gasteiger partial charge on any atom is -0.351 e. The van der Waals surface area contributed by atoms with Gasteiger partial charge in [0.15, 0.2) is 0 Å². The third-order valence-electron chi connectivity index (χ3n) is 7.61. The van der Waals surface area contributed by atoms with E-state index in [1.165, 1.54) is 28.8 Å². The van der Waals surface area contributed by atoms with Crippen LogP contribution in [0.25, 0.3) is 22.3 Å². The van der Waals surface area contributed by atoms with Crippen molar-refractivity contribution in [1.82, 2.24) is 38.0 Å². The van der Waals surface area contributed by atoms with E-state index in [-0.39, 0.29) is 34.5 Å². The van der Waals surface area contributed by atoms with Gasteiger partial charge in [-0.1, -0.05) is 24.3 Å². The maximum atomic E-state index is 13.9. The minimum atomic E-state index is -3.97. The lowest BCUT2D eigenvalue weighted by Crippen LogP contribution is -2.42. The van der Waals surface area contributed by atoms with Gasteiger partial charge in [-0.3, -0.25) is 14.3 Å². The molecule has 240 valence electrons. The number of benzene rings is 1. The van der Waals surface area contributed by atoms with Crippen LogP contribution in [-0.4, -0.2) is 80.2 Å². The summed E-state index contributed by atoms with van der Waals surface area (Å²) >= 11 is 0. The van der Waals surface area contributed by atoms with E-state index >= 15 is 0 Å². The van der Waals surface area contributed by atoms with Crippen molar-refractivity contribution in [3.05, 3.63) is 89.0 Å². The number of aromatic nitrogens is 7. The van der Waals surface area contributed by atoms with Crippen LogP contribution in [0.15, 0.2) is 77.2 Å². The van der Waals surface area contributed by atoms with E-state index in [9.17, 15) is 30.4 Å². The van der Waals surface area contributed by atoms with E-state index in [1.54, 1.807) is 24.3 Å². The van der Waals surface area contributed by atoms with Crippen LogP contribution in [0.1, 0.15) is 30.4 Å². The van der Waals surface area contributed by atoms with E-state index < -0.39 is 37.6 Å². The van der Waals surface area contributed by atoms with E-state index in [0.29, 0.717) is 42.8 Å². The molecule has 18 heteroatoms. The Bertz CT molecular complexity index is 2170. The Morgan fingerprint density at radius 3 is 2.41 bits per heavy atom. The predicted molar refractivity (Wildman–Crippen MR) is 163 cm³/mol.